The maximum Gasteiger partial charge on any atom is 0.265 e. The highest BCUT2D eigenvalue weighted by molar-refractivity contribution is 9.11. The smallest absolute Gasteiger partial charge is 0.265 e. The van der Waals surface area contributed by atoms with E-state index >= 15 is 0 Å². The highest BCUT2D eigenvalue weighted by Gasteiger charge is 2.23. The number of hydrogen-bond acceptors (Lipinski definition) is 4. The van der Waals surface area contributed by atoms with Crippen molar-refractivity contribution < 1.29 is 14.3 Å². The first kappa shape index (κ1) is 15.4. The number of nitrogens with one attached hydrogen (secondary N) is 1. The van der Waals surface area contributed by atoms with Crippen LogP contribution in [0.3, 0.4) is 0 Å². The van der Waals surface area contributed by atoms with Crippen LogP contribution in [0.15, 0.2) is 28.1 Å². The van der Waals surface area contributed by atoms with E-state index in [1.807, 2.05) is 32.0 Å². The second-order valence-corrected chi connectivity index (χ2v) is 7.54. The van der Waals surface area contributed by atoms with Crippen molar-refractivity contribution in [3.63, 3.8) is 0 Å². The van der Waals surface area contributed by atoms with Crippen LogP contribution in [-0.2, 0) is 6.42 Å². The molecule has 0 saturated heterocycles. The molecule has 4 nitrogen and oxygen atoms in total. The molecule has 0 unspecified atom stereocenters. The first-order valence-electron chi connectivity index (χ1n) is 7.10. The SMILES string of the molecule is CCOc1cc2c(cc1NC(=O)c1ccc(Br)s1)O[C@H](C)C2. The number of fused-ring (bicyclic) bond motifs is 1. The molecular formula is C16H16BrNO3S. The van der Waals surface area contributed by atoms with Gasteiger partial charge in [0.15, 0.2) is 0 Å². The summed E-state index contributed by atoms with van der Waals surface area (Å²) < 4.78 is 12.3. The van der Waals surface area contributed by atoms with Crippen molar-refractivity contribution in [2.24, 2.45) is 0 Å². The fraction of sp³-hybridized carbons (Fsp3) is 0.312. The van der Waals surface area contributed by atoms with Gasteiger partial charge in [-0.3, -0.25) is 4.79 Å². The van der Waals surface area contributed by atoms with E-state index in [0.717, 1.165) is 21.5 Å². The summed E-state index contributed by atoms with van der Waals surface area (Å²) in [7, 11) is 0. The fourth-order valence-corrected chi connectivity index (χ4v) is 3.71. The molecule has 0 spiro atoms. The van der Waals surface area contributed by atoms with Gasteiger partial charge in [0, 0.05) is 18.1 Å². The average Bonchev–Trinajstić information content (AvgIpc) is 3.04. The Kier molecular flexibility index (Phi) is 4.40. The zero-order valence-electron chi connectivity index (χ0n) is 12.3. The van der Waals surface area contributed by atoms with Crippen LogP contribution < -0.4 is 14.8 Å². The van der Waals surface area contributed by atoms with Gasteiger partial charge in [0.1, 0.15) is 17.6 Å². The third-order valence-corrected chi connectivity index (χ3v) is 4.97. The number of carbonyl (C=O) groups is 1. The first-order chi connectivity index (χ1) is 10.6. The van der Waals surface area contributed by atoms with Crippen LogP contribution in [-0.4, -0.2) is 18.6 Å². The van der Waals surface area contributed by atoms with Crippen LogP contribution in [0.1, 0.15) is 29.1 Å². The van der Waals surface area contributed by atoms with E-state index in [9.17, 15) is 4.79 Å². The Hall–Kier alpha value is -1.53. The molecule has 0 radical (unpaired) electrons. The van der Waals surface area contributed by atoms with E-state index in [-0.39, 0.29) is 12.0 Å². The Morgan fingerprint density at radius 2 is 2.32 bits per heavy atom. The molecule has 1 aromatic heterocycles. The maximum atomic E-state index is 12.3. The standard InChI is InChI=1S/C16H16BrNO3S/c1-3-20-13-7-10-6-9(2)21-12(10)8-11(13)18-16(19)14-4-5-15(17)22-14/h4-5,7-9H,3,6H2,1-2H3,(H,18,19)/t9-/m1/s1. The van der Waals surface area contributed by atoms with Crippen molar-refractivity contribution in [2.45, 2.75) is 26.4 Å². The predicted octanol–water partition coefficient (Wildman–Crippen LogP) is 4.49. The molecule has 0 bridgehead atoms. The molecule has 2 aromatic rings. The summed E-state index contributed by atoms with van der Waals surface area (Å²) in [4.78, 5) is 13.0. The third-order valence-electron chi connectivity index (χ3n) is 3.34. The van der Waals surface area contributed by atoms with Crippen molar-refractivity contribution >= 4 is 38.9 Å². The monoisotopic (exact) mass is 381 g/mol. The van der Waals surface area contributed by atoms with Crippen LogP contribution in [0.4, 0.5) is 5.69 Å². The molecule has 1 amide bonds. The topological polar surface area (TPSA) is 47.6 Å². The van der Waals surface area contributed by atoms with Gasteiger partial charge in [-0.2, -0.15) is 0 Å². The van der Waals surface area contributed by atoms with Gasteiger partial charge in [-0.25, -0.2) is 0 Å². The summed E-state index contributed by atoms with van der Waals surface area (Å²) in [5.74, 6) is 1.35. The number of halogens is 1. The van der Waals surface area contributed by atoms with Gasteiger partial charge in [-0.05, 0) is 48.0 Å². The lowest BCUT2D eigenvalue weighted by molar-refractivity contribution is 0.103. The molecule has 6 heteroatoms. The lowest BCUT2D eigenvalue weighted by Crippen LogP contribution is -2.11. The molecular weight excluding hydrogens is 366 g/mol. The van der Waals surface area contributed by atoms with Crippen LogP contribution in [0, 0.1) is 0 Å². The lowest BCUT2D eigenvalue weighted by atomic mass is 10.1. The predicted molar refractivity (Wildman–Crippen MR) is 91.4 cm³/mol. The highest BCUT2D eigenvalue weighted by atomic mass is 79.9. The lowest BCUT2D eigenvalue weighted by Gasteiger charge is -2.13. The molecule has 1 atom stereocenters. The van der Waals surface area contributed by atoms with Crippen molar-refractivity contribution in [1.29, 1.82) is 0 Å². The number of hydrogen-bond donors (Lipinski definition) is 1. The summed E-state index contributed by atoms with van der Waals surface area (Å²) in [6.07, 6.45) is 1.02. The van der Waals surface area contributed by atoms with E-state index in [0.29, 0.717) is 22.9 Å². The quantitative estimate of drug-likeness (QED) is 0.848. The minimum atomic E-state index is -0.150. The molecule has 0 aliphatic carbocycles. The number of amides is 1. The molecule has 116 valence electrons. The molecule has 0 fully saturated rings. The van der Waals surface area contributed by atoms with E-state index in [2.05, 4.69) is 21.2 Å². The van der Waals surface area contributed by atoms with Crippen molar-refractivity contribution in [2.75, 3.05) is 11.9 Å². The molecule has 1 aromatic carbocycles. The molecule has 22 heavy (non-hydrogen) atoms. The number of benzene rings is 1. The molecule has 1 aliphatic rings. The van der Waals surface area contributed by atoms with Crippen LogP contribution in [0.25, 0.3) is 0 Å². The second-order valence-electron chi connectivity index (χ2n) is 5.08. The Morgan fingerprint density at radius 3 is 3.00 bits per heavy atom. The largest absolute Gasteiger partial charge is 0.492 e. The summed E-state index contributed by atoms with van der Waals surface area (Å²) in [5.41, 5.74) is 1.76. The fourth-order valence-electron chi connectivity index (χ4n) is 2.43. The Labute approximate surface area is 141 Å². The van der Waals surface area contributed by atoms with Gasteiger partial charge >= 0.3 is 0 Å². The summed E-state index contributed by atoms with van der Waals surface area (Å²) in [5, 5.41) is 2.92. The molecule has 1 N–H and O–H groups in total. The zero-order chi connectivity index (χ0) is 15.7. The zero-order valence-corrected chi connectivity index (χ0v) is 14.7. The summed E-state index contributed by atoms with van der Waals surface area (Å²) in [6.45, 7) is 4.50. The minimum absolute atomic E-state index is 0.150. The van der Waals surface area contributed by atoms with Crippen molar-refractivity contribution in [3.8, 4) is 11.5 Å². The van der Waals surface area contributed by atoms with Gasteiger partial charge in [0.2, 0.25) is 0 Å². The normalized spacial score (nSPS) is 16.0. The van der Waals surface area contributed by atoms with E-state index in [4.69, 9.17) is 9.47 Å². The van der Waals surface area contributed by atoms with Crippen LogP contribution >= 0.6 is 27.3 Å². The average molecular weight is 382 g/mol. The minimum Gasteiger partial charge on any atom is -0.492 e. The molecule has 0 saturated carbocycles. The summed E-state index contributed by atoms with van der Waals surface area (Å²) >= 11 is 4.76. The third kappa shape index (κ3) is 3.13. The second kappa shape index (κ2) is 6.30. The maximum absolute atomic E-state index is 12.3. The Morgan fingerprint density at radius 1 is 1.50 bits per heavy atom. The summed E-state index contributed by atoms with van der Waals surface area (Å²) in [6, 6.07) is 7.46. The Bertz CT molecular complexity index is 713. The van der Waals surface area contributed by atoms with E-state index < -0.39 is 0 Å². The number of ether oxygens (including phenoxy) is 2. The number of thiophene rings is 1. The number of anilines is 1. The highest BCUT2D eigenvalue weighted by Crippen LogP contribution is 2.38. The van der Waals surface area contributed by atoms with Gasteiger partial charge in [-0.1, -0.05) is 0 Å². The van der Waals surface area contributed by atoms with Crippen LogP contribution in [0.5, 0.6) is 11.5 Å². The van der Waals surface area contributed by atoms with Gasteiger partial charge in [-0.15, -0.1) is 11.3 Å². The van der Waals surface area contributed by atoms with Crippen molar-refractivity contribution in [1.82, 2.24) is 0 Å². The number of carbonyl (C=O) groups excluding carboxylic acids is 1. The Balaban J connectivity index is 1.89. The first-order valence-corrected chi connectivity index (χ1v) is 8.71. The molecule has 3 rings (SSSR count). The van der Waals surface area contributed by atoms with Gasteiger partial charge in [0.05, 0.1) is 21.0 Å². The van der Waals surface area contributed by atoms with E-state index in [1.54, 1.807) is 6.07 Å². The van der Waals surface area contributed by atoms with E-state index in [1.165, 1.54) is 11.3 Å². The van der Waals surface area contributed by atoms with Crippen LogP contribution in [0.2, 0.25) is 0 Å². The number of rotatable bonds is 4. The van der Waals surface area contributed by atoms with Gasteiger partial charge < -0.3 is 14.8 Å². The molecule has 1 aliphatic heterocycles. The molecule has 2 heterocycles. The van der Waals surface area contributed by atoms with Crippen molar-refractivity contribution in [3.05, 3.63) is 38.5 Å². The van der Waals surface area contributed by atoms with Gasteiger partial charge in [0.25, 0.3) is 5.91 Å².